The van der Waals surface area contributed by atoms with Gasteiger partial charge in [0.25, 0.3) is 0 Å². The average Bonchev–Trinajstić information content (AvgIpc) is 2.64. The van der Waals surface area contributed by atoms with Crippen molar-refractivity contribution in [2.24, 2.45) is 29.6 Å². The number of methoxy groups -OCH3 is 1. The maximum absolute atomic E-state index is 11.3. The maximum atomic E-state index is 11.3. The summed E-state index contributed by atoms with van der Waals surface area (Å²) in [5, 5.41) is 0. The molecular weight excluding hydrogens is 176 g/mol. The number of esters is 1. The molecule has 3 fully saturated rings. The van der Waals surface area contributed by atoms with Gasteiger partial charge in [-0.2, -0.15) is 0 Å². The normalized spacial score (nSPS) is 47.4. The fourth-order valence-corrected chi connectivity index (χ4v) is 4.06. The van der Waals surface area contributed by atoms with E-state index in [1.54, 1.807) is 0 Å². The molecule has 0 radical (unpaired) electrons. The smallest absolute Gasteiger partial charge is 0.333 e. The summed E-state index contributed by atoms with van der Waals surface area (Å²) in [7, 11) is 1.44. The van der Waals surface area contributed by atoms with E-state index in [2.05, 4.69) is 6.58 Å². The predicted molar refractivity (Wildman–Crippen MR) is 52.5 cm³/mol. The second kappa shape index (κ2) is 2.62. The van der Waals surface area contributed by atoms with Crippen LogP contribution in [-0.2, 0) is 9.53 Å². The van der Waals surface area contributed by atoms with Crippen LogP contribution in [0.1, 0.15) is 19.3 Å². The molecule has 76 valence electrons. The Morgan fingerprint density at radius 2 is 1.86 bits per heavy atom. The highest BCUT2D eigenvalue weighted by Gasteiger charge is 2.66. The van der Waals surface area contributed by atoms with E-state index in [9.17, 15) is 4.79 Å². The summed E-state index contributed by atoms with van der Waals surface area (Å²) in [5.74, 6) is 3.67. The first kappa shape index (κ1) is 8.51. The van der Waals surface area contributed by atoms with Gasteiger partial charge in [-0.1, -0.05) is 6.58 Å². The first-order chi connectivity index (χ1) is 6.74. The monoisotopic (exact) mass is 192 g/mol. The van der Waals surface area contributed by atoms with E-state index in [-0.39, 0.29) is 5.97 Å². The lowest BCUT2D eigenvalue weighted by Gasteiger charge is -2.09. The molecule has 0 aromatic rings. The fourth-order valence-electron chi connectivity index (χ4n) is 4.06. The maximum Gasteiger partial charge on any atom is 0.333 e. The van der Waals surface area contributed by atoms with Crippen LogP contribution in [0.4, 0.5) is 0 Å². The van der Waals surface area contributed by atoms with Crippen LogP contribution in [0.5, 0.6) is 0 Å². The summed E-state index contributed by atoms with van der Waals surface area (Å²) < 4.78 is 4.73. The van der Waals surface area contributed by atoms with Gasteiger partial charge in [-0.25, -0.2) is 4.79 Å². The van der Waals surface area contributed by atoms with Crippen LogP contribution in [0.25, 0.3) is 0 Å². The fraction of sp³-hybridized carbons (Fsp3) is 0.750. The van der Waals surface area contributed by atoms with E-state index in [4.69, 9.17) is 4.74 Å². The number of hydrogen-bond acceptors (Lipinski definition) is 2. The molecule has 2 heteroatoms. The molecule has 4 unspecified atom stereocenters. The van der Waals surface area contributed by atoms with Gasteiger partial charge >= 0.3 is 5.97 Å². The topological polar surface area (TPSA) is 26.3 Å². The highest BCUT2D eigenvalue weighted by molar-refractivity contribution is 5.89. The third-order valence-corrected chi connectivity index (χ3v) is 4.59. The van der Waals surface area contributed by atoms with Crippen molar-refractivity contribution in [3.05, 3.63) is 12.2 Å². The van der Waals surface area contributed by atoms with Gasteiger partial charge in [0.1, 0.15) is 0 Å². The molecule has 0 aromatic heterocycles. The Labute approximate surface area is 84.3 Å². The number of rotatable bonds is 2. The lowest BCUT2D eigenvalue weighted by molar-refractivity contribution is -0.136. The molecule has 0 spiro atoms. The summed E-state index contributed by atoms with van der Waals surface area (Å²) in [6.45, 7) is 3.89. The molecule has 3 aliphatic rings. The average molecular weight is 192 g/mol. The minimum Gasteiger partial charge on any atom is -0.466 e. The van der Waals surface area contributed by atoms with Crippen molar-refractivity contribution in [1.82, 2.24) is 0 Å². The van der Waals surface area contributed by atoms with Crippen molar-refractivity contribution in [3.8, 4) is 0 Å². The Bertz CT molecular complexity index is 291. The molecule has 0 heterocycles. The Morgan fingerprint density at radius 1 is 1.29 bits per heavy atom. The van der Waals surface area contributed by atoms with Gasteiger partial charge in [0, 0.05) is 5.57 Å². The summed E-state index contributed by atoms with van der Waals surface area (Å²) in [4.78, 5) is 11.3. The van der Waals surface area contributed by atoms with E-state index < -0.39 is 0 Å². The van der Waals surface area contributed by atoms with Gasteiger partial charge in [-0.3, -0.25) is 0 Å². The second-order valence-electron chi connectivity index (χ2n) is 5.03. The van der Waals surface area contributed by atoms with Crippen molar-refractivity contribution in [2.45, 2.75) is 19.3 Å². The lowest BCUT2D eigenvalue weighted by Crippen LogP contribution is -2.10. The molecule has 0 aliphatic heterocycles. The Balaban J connectivity index is 1.74. The van der Waals surface area contributed by atoms with Crippen molar-refractivity contribution in [1.29, 1.82) is 0 Å². The molecule has 0 N–H and O–H groups in total. The highest BCUT2D eigenvalue weighted by atomic mass is 16.5. The van der Waals surface area contributed by atoms with Gasteiger partial charge in [-0.15, -0.1) is 0 Å². The molecular formula is C12H16O2. The number of carbonyl (C=O) groups excluding carboxylic acids is 1. The first-order valence-electron chi connectivity index (χ1n) is 5.51. The molecule has 14 heavy (non-hydrogen) atoms. The molecule has 0 amide bonds. The van der Waals surface area contributed by atoms with Crippen molar-refractivity contribution in [3.63, 3.8) is 0 Å². The summed E-state index contributed by atoms with van der Waals surface area (Å²) in [6.07, 6.45) is 4.19. The molecule has 3 saturated carbocycles. The molecule has 3 aliphatic carbocycles. The zero-order chi connectivity index (χ0) is 9.87. The molecule has 2 bridgehead atoms. The van der Waals surface area contributed by atoms with Gasteiger partial charge in [0.05, 0.1) is 7.11 Å². The van der Waals surface area contributed by atoms with Gasteiger partial charge in [-0.05, 0) is 48.9 Å². The Morgan fingerprint density at radius 3 is 2.36 bits per heavy atom. The number of ether oxygens (including phenoxy) is 1. The quantitative estimate of drug-likeness (QED) is 0.494. The van der Waals surface area contributed by atoms with Gasteiger partial charge in [0.2, 0.25) is 0 Å². The summed E-state index contributed by atoms with van der Waals surface area (Å²) >= 11 is 0. The Kier molecular flexibility index (Phi) is 1.59. The molecule has 4 atom stereocenters. The van der Waals surface area contributed by atoms with E-state index in [1.165, 1.54) is 26.4 Å². The minimum atomic E-state index is -0.191. The van der Waals surface area contributed by atoms with Crippen LogP contribution in [0, 0.1) is 29.6 Å². The van der Waals surface area contributed by atoms with E-state index in [0.29, 0.717) is 5.92 Å². The minimum absolute atomic E-state index is 0.191. The second-order valence-corrected chi connectivity index (χ2v) is 5.03. The van der Waals surface area contributed by atoms with E-state index in [0.717, 1.165) is 29.2 Å². The lowest BCUT2D eigenvalue weighted by atomic mass is 9.98. The van der Waals surface area contributed by atoms with Crippen LogP contribution in [0.2, 0.25) is 0 Å². The Hall–Kier alpha value is -0.790. The molecule has 2 nitrogen and oxygen atoms in total. The van der Waals surface area contributed by atoms with Crippen molar-refractivity contribution >= 4 is 5.97 Å². The zero-order valence-electron chi connectivity index (χ0n) is 8.53. The molecule has 0 saturated heterocycles. The van der Waals surface area contributed by atoms with Gasteiger partial charge < -0.3 is 4.74 Å². The van der Waals surface area contributed by atoms with E-state index >= 15 is 0 Å². The van der Waals surface area contributed by atoms with Crippen LogP contribution in [0.3, 0.4) is 0 Å². The van der Waals surface area contributed by atoms with Crippen LogP contribution < -0.4 is 0 Å². The predicted octanol–water partition coefficient (Wildman–Crippen LogP) is 2.01. The summed E-state index contributed by atoms with van der Waals surface area (Å²) in [5.41, 5.74) is 0.735. The van der Waals surface area contributed by atoms with Crippen molar-refractivity contribution in [2.75, 3.05) is 7.11 Å². The van der Waals surface area contributed by atoms with E-state index in [1.807, 2.05) is 0 Å². The zero-order valence-corrected chi connectivity index (χ0v) is 8.53. The van der Waals surface area contributed by atoms with Crippen LogP contribution in [-0.4, -0.2) is 13.1 Å². The number of fused-ring (bicyclic) bond motifs is 5. The first-order valence-corrected chi connectivity index (χ1v) is 5.51. The van der Waals surface area contributed by atoms with Gasteiger partial charge in [0.15, 0.2) is 0 Å². The van der Waals surface area contributed by atoms with Crippen LogP contribution >= 0.6 is 0 Å². The SMILES string of the molecule is C=C(C(=O)OC)C1C2C3CCC(C3)C12. The number of hydrogen-bond donors (Lipinski definition) is 0. The molecule has 3 rings (SSSR count). The number of carbonyl (C=O) groups is 1. The highest BCUT2D eigenvalue weighted by Crippen LogP contribution is 2.71. The summed E-state index contributed by atoms with van der Waals surface area (Å²) in [6, 6.07) is 0. The third kappa shape index (κ3) is 0.891. The largest absolute Gasteiger partial charge is 0.466 e. The third-order valence-electron chi connectivity index (χ3n) is 4.59. The standard InChI is InChI=1S/C12H16O2/c1-6(12(13)14-2)9-10-7-3-4-8(5-7)11(9)10/h7-11H,1,3-5H2,2H3. The van der Waals surface area contributed by atoms with Crippen molar-refractivity contribution < 1.29 is 9.53 Å². The molecule has 0 aromatic carbocycles. The van der Waals surface area contributed by atoms with Crippen LogP contribution in [0.15, 0.2) is 12.2 Å².